The molecule has 3 aliphatic rings. The highest BCUT2D eigenvalue weighted by molar-refractivity contribution is 6.03. The number of amides is 2. The molecule has 3 heterocycles. The van der Waals surface area contributed by atoms with Crippen LogP contribution in [0.15, 0.2) is 35.4 Å². The molecule has 10 nitrogen and oxygen atoms in total. The van der Waals surface area contributed by atoms with Crippen LogP contribution in [0.4, 0.5) is 16.4 Å². The molecule has 1 aromatic heterocycles. The van der Waals surface area contributed by atoms with Crippen molar-refractivity contribution in [3.63, 3.8) is 0 Å². The summed E-state index contributed by atoms with van der Waals surface area (Å²) in [6.07, 6.45) is 3.16. The van der Waals surface area contributed by atoms with Crippen molar-refractivity contribution in [2.45, 2.75) is 32.7 Å². The zero-order chi connectivity index (χ0) is 24.7. The molecule has 36 heavy (non-hydrogen) atoms. The highest BCUT2D eigenvalue weighted by Crippen LogP contribution is 2.23. The van der Waals surface area contributed by atoms with Crippen molar-refractivity contribution in [3.05, 3.63) is 47.3 Å². The molecule has 0 spiro atoms. The summed E-state index contributed by atoms with van der Waals surface area (Å²) in [4.78, 5) is 28.3. The third kappa shape index (κ3) is 5.93. The van der Waals surface area contributed by atoms with Gasteiger partial charge in [-0.25, -0.2) is 14.8 Å². The minimum atomic E-state index is 0.0117. The summed E-state index contributed by atoms with van der Waals surface area (Å²) < 4.78 is 5.54. The van der Waals surface area contributed by atoms with Gasteiger partial charge in [-0.1, -0.05) is 24.3 Å². The average Bonchev–Trinajstić information content (AvgIpc) is 2.93. The monoisotopic (exact) mass is 492 g/mol. The Bertz CT molecular complexity index is 1080. The summed E-state index contributed by atoms with van der Waals surface area (Å²) >= 11 is 0. The number of carbonyl (C=O) groups is 1. The molecule has 2 saturated heterocycles. The Morgan fingerprint density at radius 2 is 1.86 bits per heavy atom. The molecular formula is C26H36N8O2. The van der Waals surface area contributed by atoms with Crippen LogP contribution in [0.5, 0.6) is 0 Å². The van der Waals surface area contributed by atoms with Gasteiger partial charge in [0.1, 0.15) is 11.6 Å². The van der Waals surface area contributed by atoms with Gasteiger partial charge in [0.15, 0.2) is 5.82 Å². The second-order valence-corrected chi connectivity index (χ2v) is 9.41. The number of benzene rings is 1. The van der Waals surface area contributed by atoms with E-state index >= 15 is 0 Å². The van der Waals surface area contributed by atoms with Crippen LogP contribution in [-0.2, 0) is 17.7 Å². The number of hydrazone groups is 1. The second kappa shape index (κ2) is 11.7. The lowest BCUT2D eigenvalue weighted by Crippen LogP contribution is -2.51. The Morgan fingerprint density at radius 3 is 2.67 bits per heavy atom. The number of anilines is 2. The lowest BCUT2D eigenvalue weighted by atomic mass is 9.90. The van der Waals surface area contributed by atoms with Gasteiger partial charge in [-0.05, 0) is 31.7 Å². The number of hydrogen-bond donors (Lipinski definition) is 2. The van der Waals surface area contributed by atoms with E-state index in [0.717, 1.165) is 62.8 Å². The SMILES string of the molecule is CCNC(=O)N1CCN(Cc2nc(NN=C3CCCc4ccccc43)cc(N3CCOCC3)n2)CC1. The van der Waals surface area contributed by atoms with Gasteiger partial charge in [0.25, 0.3) is 0 Å². The molecule has 192 valence electrons. The van der Waals surface area contributed by atoms with E-state index in [0.29, 0.717) is 45.2 Å². The molecule has 2 aliphatic heterocycles. The highest BCUT2D eigenvalue weighted by atomic mass is 16.5. The predicted molar refractivity (Wildman–Crippen MR) is 141 cm³/mol. The lowest BCUT2D eigenvalue weighted by molar-refractivity contribution is 0.122. The van der Waals surface area contributed by atoms with Crippen molar-refractivity contribution in [1.82, 2.24) is 25.1 Å². The normalized spacial score (nSPS) is 19.8. The standard InChI is InChI=1S/C26H36N8O2/c1-2-27-26(35)34-12-10-32(11-13-34)19-24-28-23(18-25(29-24)33-14-16-36-17-15-33)31-30-22-9-5-7-20-6-3-4-8-21(20)22/h3-4,6,8,18H,2,5,7,9-17,19H2,1H3,(H,27,35)(H,28,29,31). The number of ether oxygens (including phenoxy) is 1. The average molecular weight is 493 g/mol. The Hall–Kier alpha value is -3.24. The molecule has 0 radical (unpaired) electrons. The van der Waals surface area contributed by atoms with Crippen molar-refractivity contribution in [3.8, 4) is 0 Å². The van der Waals surface area contributed by atoms with Gasteiger partial charge in [0, 0.05) is 57.4 Å². The third-order valence-electron chi connectivity index (χ3n) is 6.94. The Kier molecular flexibility index (Phi) is 7.92. The number of carbonyl (C=O) groups excluding carboxylic acids is 1. The fourth-order valence-corrected chi connectivity index (χ4v) is 4.98. The number of nitrogens with one attached hydrogen (secondary N) is 2. The van der Waals surface area contributed by atoms with Crippen LogP contribution in [0.25, 0.3) is 0 Å². The third-order valence-corrected chi connectivity index (χ3v) is 6.94. The first kappa shape index (κ1) is 24.5. The van der Waals surface area contributed by atoms with Crippen LogP contribution in [-0.4, -0.2) is 90.5 Å². The molecular weight excluding hydrogens is 456 g/mol. The topological polar surface area (TPSA) is 98.2 Å². The van der Waals surface area contributed by atoms with Crippen molar-refractivity contribution in [2.75, 3.05) is 69.4 Å². The van der Waals surface area contributed by atoms with Crippen LogP contribution >= 0.6 is 0 Å². The molecule has 0 atom stereocenters. The molecule has 2 N–H and O–H groups in total. The van der Waals surface area contributed by atoms with Gasteiger partial charge in [0.2, 0.25) is 0 Å². The van der Waals surface area contributed by atoms with Crippen LogP contribution in [0.3, 0.4) is 0 Å². The van der Waals surface area contributed by atoms with Crippen LogP contribution in [0, 0.1) is 0 Å². The van der Waals surface area contributed by atoms with Gasteiger partial charge >= 0.3 is 6.03 Å². The lowest BCUT2D eigenvalue weighted by Gasteiger charge is -2.34. The molecule has 2 fully saturated rings. The zero-order valence-electron chi connectivity index (χ0n) is 21.1. The summed E-state index contributed by atoms with van der Waals surface area (Å²) in [5.41, 5.74) is 6.90. The van der Waals surface area contributed by atoms with Crippen molar-refractivity contribution in [2.24, 2.45) is 5.10 Å². The summed E-state index contributed by atoms with van der Waals surface area (Å²) in [5, 5.41) is 7.67. The van der Waals surface area contributed by atoms with Crippen LogP contribution in [0.1, 0.15) is 36.7 Å². The van der Waals surface area contributed by atoms with Gasteiger partial charge in [0.05, 0.1) is 25.5 Å². The van der Waals surface area contributed by atoms with E-state index < -0.39 is 0 Å². The molecule has 0 saturated carbocycles. The fraction of sp³-hybridized carbons (Fsp3) is 0.538. The molecule has 0 bridgehead atoms. The number of morpholine rings is 1. The van der Waals surface area contributed by atoms with E-state index in [4.69, 9.17) is 19.8 Å². The van der Waals surface area contributed by atoms with Crippen molar-refractivity contribution >= 4 is 23.4 Å². The molecule has 2 aromatic rings. The first-order valence-corrected chi connectivity index (χ1v) is 13.1. The predicted octanol–water partition coefficient (Wildman–Crippen LogP) is 2.31. The van der Waals surface area contributed by atoms with E-state index in [1.165, 1.54) is 11.1 Å². The highest BCUT2D eigenvalue weighted by Gasteiger charge is 2.22. The number of nitrogens with zero attached hydrogens (tertiary/aromatic N) is 6. The number of hydrogen-bond acceptors (Lipinski definition) is 8. The Morgan fingerprint density at radius 1 is 1.06 bits per heavy atom. The summed E-state index contributed by atoms with van der Waals surface area (Å²) in [6, 6.07) is 10.5. The molecule has 0 unspecified atom stereocenters. The quantitative estimate of drug-likeness (QED) is 0.597. The zero-order valence-corrected chi connectivity index (χ0v) is 21.1. The van der Waals surface area contributed by atoms with E-state index in [9.17, 15) is 4.79 Å². The molecule has 1 aliphatic carbocycles. The number of fused-ring (bicyclic) bond motifs is 1. The first-order chi connectivity index (χ1) is 17.7. The van der Waals surface area contributed by atoms with Crippen molar-refractivity contribution in [1.29, 1.82) is 0 Å². The number of aryl methyl sites for hydroxylation is 1. The number of piperazine rings is 1. The maximum absolute atomic E-state index is 12.1. The Labute approximate surface area is 212 Å². The van der Waals surface area contributed by atoms with E-state index in [1.54, 1.807) is 0 Å². The van der Waals surface area contributed by atoms with Gasteiger partial charge in [-0.15, -0.1) is 0 Å². The number of urea groups is 1. The smallest absolute Gasteiger partial charge is 0.317 e. The maximum Gasteiger partial charge on any atom is 0.317 e. The number of aromatic nitrogens is 2. The van der Waals surface area contributed by atoms with Gasteiger partial charge < -0.3 is 19.9 Å². The maximum atomic E-state index is 12.1. The second-order valence-electron chi connectivity index (χ2n) is 9.41. The van der Waals surface area contributed by atoms with Crippen LogP contribution in [0.2, 0.25) is 0 Å². The van der Waals surface area contributed by atoms with E-state index in [2.05, 4.69) is 44.8 Å². The summed E-state index contributed by atoms with van der Waals surface area (Å²) in [5.74, 6) is 2.37. The minimum absolute atomic E-state index is 0.0117. The van der Waals surface area contributed by atoms with Gasteiger partial charge in [-0.3, -0.25) is 10.3 Å². The van der Waals surface area contributed by atoms with Crippen LogP contribution < -0.4 is 15.6 Å². The van der Waals surface area contributed by atoms with Crippen molar-refractivity contribution < 1.29 is 9.53 Å². The summed E-state index contributed by atoms with van der Waals surface area (Å²) in [7, 11) is 0. The molecule has 1 aromatic carbocycles. The fourth-order valence-electron chi connectivity index (χ4n) is 4.98. The van der Waals surface area contributed by atoms with Gasteiger partial charge in [-0.2, -0.15) is 5.10 Å². The molecule has 5 rings (SSSR count). The number of rotatable bonds is 6. The minimum Gasteiger partial charge on any atom is -0.378 e. The Balaban J connectivity index is 1.32. The van der Waals surface area contributed by atoms with E-state index in [1.807, 2.05) is 17.9 Å². The largest absolute Gasteiger partial charge is 0.378 e. The molecule has 2 amide bonds. The first-order valence-electron chi connectivity index (χ1n) is 13.1. The van der Waals surface area contributed by atoms with E-state index in [-0.39, 0.29) is 6.03 Å². The molecule has 10 heteroatoms. The summed E-state index contributed by atoms with van der Waals surface area (Å²) in [6.45, 7) is 9.23.